The molecule has 0 saturated heterocycles. The average Bonchev–Trinajstić information content (AvgIpc) is 2.59. The van der Waals surface area contributed by atoms with Crippen LogP contribution in [-0.2, 0) is 11.3 Å². The van der Waals surface area contributed by atoms with Gasteiger partial charge in [0.05, 0.1) is 17.4 Å². The minimum absolute atomic E-state index is 0.0312. The number of carbonyl (C=O) groups excluding carboxylic acids is 1. The van der Waals surface area contributed by atoms with E-state index in [-0.39, 0.29) is 17.8 Å². The van der Waals surface area contributed by atoms with E-state index < -0.39 is 0 Å². The molecule has 0 bridgehead atoms. The van der Waals surface area contributed by atoms with Crippen LogP contribution in [0, 0.1) is 17.1 Å². The first kappa shape index (κ1) is 18.0. The van der Waals surface area contributed by atoms with Crippen LogP contribution in [0.1, 0.15) is 25.0 Å². The van der Waals surface area contributed by atoms with Crippen LogP contribution < -0.4 is 0 Å². The molecule has 2 aromatic rings. The number of carbonyl (C=O) groups is 1. The zero-order chi connectivity index (χ0) is 17.5. The van der Waals surface area contributed by atoms with Gasteiger partial charge in [-0.15, -0.1) is 11.8 Å². The Hall–Kier alpha value is -2.32. The van der Waals surface area contributed by atoms with E-state index in [0.29, 0.717) is 17.9 Å². The van der Waals surface area contributed by atoms with Crippen LogP contribution in [-0.4, -0.2) is 22.6 Å². The van der Waals surface area contributed by atoms with Gasteiger partial charge < -0.3 is 4.90 Å². The molecular formula is C19H19FN2OS. The summed E-state index contributed by atoms with van der Waals surface area (Å²) in [6.45, 7) is 4.46. The van der Waals surface area contributed by atoms with Crippen molar-refractivity contribution in [1.82, 2.24) is 4.90 Å². The Bertz CT molecular complexity index is 721. The van der Waals surface area contributed by atoms with Crippen LogP contribution in [0.2, 0.25) is 0 Å². The normalized spacial score (nSPS) is 10.5. The third kappa shape index (κ3) is 5.10. The van der Waals surface area contributed by atoms with E-state index in [4.69, 9.17) is 5.26 Å². The predicted octanol–water partition coefficient (Wildman–Crippen LogP) is 4.23. The summed E-state index contributed by atoms with van der Waals surface area (Å²) < 4.78 is 12.9. The number of benzene rings is 2. The molecule has 0 fully saturated rings. The van der Waals surface area contributed by atoms with Gasteiger partial charge in [0.25, 0.3) is 0 Å². The highest BCUT2D eigenvalue weighted by atomic mass is 32.2. The molecule has 0 unspecified atom stereocenters. The van der Waals surface area contributed by atoms with Gasteiger partial charge in [-0.3, -0.25) is 4.79 Å². The van der Waals surface area contributed by atoms with Crippen molar-refractivity contribution < 1.29 is 9.18 Å². The number of nitriles is 1. The largest absolute Gasteiger partial charge is 0.335 e. The molecule has 5 heteroatoms. The molecule has 24 heavy (non-hydrogen) atoms. The lowest BCUT2D eigenvalue weighted by atomic mass is 10.1. The van der Waals surface area contributed by atoms with E-state index >= 15 is 0 Å². The summed E-state index contributed by atoms with van der Waals surface area (Å²) in [5.74, 6) is 0.0547. The highest BCUT2D eigenvalue weighted by molar-refractivity contribution is 8.00. The van der Waals surface area contributed by atoms with E-state index in [9.17, 15) is 9.18 Å². The van der Waals surface area contributed by atoms with Crippen molar-refractivity contribution in [2.24, 2.45) is 0 Å². The first-order valence-electron chi connectivity index (χ1n) is 7.66. The third-order valence-corrected chi connectivity index (χ3v) is 4.55. The molecule has 0 aliphatic carbocycles. The minimum atomic E-state index is -0.282. The summed E-state index contributed by atoms with van der Waals surface area (Å²) in [5.41, 5.74) is 1.59. The first-order chi connectivity index (χ1) is 11.5. The van der Waals surface area contributed by atoms with E-state index in [1.807, 2.05) is 26.0 Å². The minimum Gasteiger partial charge on any atom is -0.335 e. The second kappa shape index (κ2) is 8.51. The van der Waals surface area contributed by atoms with Crippen LogP contribution in [0.3, 0.4) is 0 Å². The number of nitrogens with zero attached hydrogens (tertiary/aromatic N) is 2. The first-order valence-corrected chi connectivity index (χ1v) is 8.65. The second-order valence-corrected chi connectivity index (χ2v) is 6.72. The van der Waals surface area contributed by atoms with Crippen LogP contribution >= 0.6 is 11.8 Å². The molecule has 0 aromatic heterocycles. The zero-order valence-corrected chi connectivity index (χ0v) is 14.5. The van der Waals surface area contributed by atoms with Crippen LogP contribution in [0.15, 0.2) is 53.4 Å². The molecule has 0 N–H and O–H groups in total. The molecule has 0 aliphatic rings. The van der Waals surface area contributed by atoms with Crippen LogP contribution in [0.25, 0.3) is 0 Å². The van der Waals surface area contributed by atoms with Gasteiger partial charge in [0.1, 0.15) is 5.82 Å². The SMILES string of the molecule is CC(C)N(Cc1ccc(C#N)cc1)C(=O)CSc1ccc(F)cc1. The van der Waals surface area contributed by atoms with Gasteiger partial charge >= 0.3 is 0 Å². The van der Waals surface area contributed by atoms with Crippen molar-refractivity contribution >= 4 is 17.7 Å². The predicted molar refractivity (Wildman–Crippen MR) is 94.0 cm³/mol. The molecule has 0 heterocycles. The van der Waals surface area contributed by atoms with Gasteiger partial charge in [-0.2, -0.15) is 5.26 Å². The number of hydrogen-bond donors (Lipinski definition) is 0. The van der Waals surface area contributed by atoms with E-state index in [0.717, 1.165) is 10.5 Å². The van der Waals surface area contributed by atoms with Crippen molar-refractivity contribution in [2.75, 3.05) is 5.75 Å². The number of thioether (sulfide) groups is 1. The fraction of sp³-hybridized carbons (Fsp3) is 0.263. The number of hydrogen-bond acceptors (Lipinski definition) is 3. The molecule has 0 saturated carbocycles. The topological polar surface area (TPSA) is 44.1 Å². The van der Waals surface area contributed by atoms with Crippen LogP contribution in [0.5, 0.6) is 0 Å². The highest BCUT2D eigenvalue weighted by Crippen LogP contribution is 2.20. The lowest BCUT2D eigenvalue weighted by molar-refractivity contribution is -0.130. The fourth-order valence-corrected chi connectivity index (χ4v) is 2.98. The lowest BCUT2D eigenvalue weighted by Crippen LogP contribution is -2.37. The maximum Gasteiger partial charge on any atom is 0.233 e. The third-order valence-electron chi connectivity index (χ3n) is 3.56. The summed E-state index contributed by atoms with van der Waals surface area (Å²) >= 11 is 1.40. The van der Waals surface area contributed by atoms with Gasteiger partial charge in [0.2, 0.25) is 5.91 Å². The fourth-order valence-electron chi connectivity index (χ4n) is 2.20. The Morgan fingerprint density at radius 1 is 1.17 bits per heavy atom. The Morgan fingerprint density at radius 2 is 1.79 bits per heavy atom. The van der Waals surface area contributed by atoms with E-state index in [2.05, 4.69) is 6.07 Å². The van der Waals surface area contributed by atoms with Gasteiger partial charge in [-0.1, -0.05) is 12.1 Å². The van der Waals surface area contributed by atoms with Crippen LogP contribution in [0.4, 0.5) is 4.39 Å². The molecule has 0 spiro atoms. The molecule has 2 rings (SSSR count). The summed E-state index contributed by atoms with van der Waals surface area (Å²) in [7, 11) is 0. The second-order valence-electron chi connectivity index (χ2n) is 5.67. The summed E-state index contributed by atoms with van der Waals surface area (Å²) in [6.07, 6.45) is 0. The Balaban J connectivity index is 1.99. The quantitative estimate of drug-likeness (QED) is 0.738. The van der Waals surface area contributed by atoms with E-state index in [1.54, 1.807) is 29.2 Å². The Kier molecular flexibility index (Phi) is 6.39. The number of halogens is 1. The standard InChI is InChI=1S/C19H19FN2OS/c1-14(2)22(12-16-5-3-15(11-21)4-6-16)19(23)13-24-18-9-7-17(20)8-10-18/h3-10,14H,12-13H2,1-2H3. The molecule has 0 atom stereocenters. The molecule has 1 amide bonds. The smallest absolute Gasteiger partial charge is 0.233 e. The van der Waals surface area contributed by atoms with Crippen molar-refractivity contribution in [2.45, 2.75) is 31.3 Å². The maximum atomic E-state index is 12.9. The summed E-state index contributed by atoms with van der Waals surface area (Å²) in [4.78, 5) is 15.2. The molecule has 2 aromatic carbocycles. The van der Waals surface area contributed by atoms with Gasteiger partial charge in [0.15, 0.2) is 0 Å². The monoisotopic (exact) mass is 342 g/mol. The molecule has 3 nitrogen and oxygen atoms in total. The van der Waals surface area contributed by atoms with Gasteiger partial charge in [-0.25, -0.2) is 4.39 Å². The molecule has 0 aliphatic heterocycles. The van der Waals surface area contributed by atoms with Crippen molar-refractivity contribution in [3.63, 3.8) is 0 Å². The molecule has 0 radical (unpaired) electrons. The lowest BCUT2D eigenvalue weighted by Gasteiger charge is -2.27. The molecule has 124 valence electrons. The summed E-state index contributed by atoms with van der Waals surface area (Å²) in [6, 6.07) is 15.5. The number of rotatable bonds is 6. The van der Waals surface area contributed by atoms with Crippen molar-refractivity contribution in [1.29, 1.82) is 5.26 Å². The Labute approximate surface area is 146 Å². The van der Waals surface area contributed by atoms with E-state index in [1.165, 1.54) is 23.9 Å². The van der Waals surface area contributed by atoms with Crippen molar-refractivity contribution in [3.05, 3.63) is 65.5 Å². The summed E-state index contributed by atoms with van der Waals surface area (Å²) in [5, 5.41) is 8.84. The highest BCUT2D eigenvalue weighted by Gasteiger charge is 2.17. The van der Waals surface area contributed by atoms with Crippen molar-refractivity contribution in [3.8, 4) is 6.07 Å². The molecular weight excluding hydrogens is 323 g/mol. The average molecular weight is 342 g/mol. The van der Waals surface area contributed by atoms with Gasteiger partial charge in [0, 0.05) is 17.5 Å². The maximum absolute atomic E-state index is 12.9. The zero-order valence-electron chi connectivity index (χ0n) is 13.7. The Morgan fingerprint density at radius 3 is 2.33 bits per heavy atom. The van der Waals surface area contributed by atoms with Gasteiger partial charge in [-0.05, 0) is 55.8 Å². The number of amides is 1.